The molecule has 0 saturated heterocycles. The van der Waals surface area contributed by atoms with Crippen molar-refractivity contribution in [2.45, 2.75) is 32.9 Å². The minimum absolute atomic E-state index is 0.00224. The van der Waals surface area contributed by atoms with Crippen LogP contribution >= 0.6 is 0 Å². The second-order valence-electron chi connectivity index (χ2n) is 7.70. The minimum atomic E-state index is -0.144. The average Bonchev–Trinajstić information content (AvgIpc) is 3.13. The van der Waals surface area contributed by atoms with E-state index in [1.54, 1.807) is 24.3 Å². The Labute approximate surface area is 182 Å². The van der Waals surface area contributed by atoms with Crippen LogP contribution in [0.2, 0.25) is 0 Å². The second kappa shape index (κ2) is 9.04. The Morgan fingerprint density at radius 3 is 2.45 bits per heavy atom. The normalized spacial score (nSPS) is 14.8. The van der Waals surface area contributed by atoms with Crippen LogP contribution in [0.1, 0.15) is 45.7 Å². The molecule has 1 aliphatic rings. The van der Waals surface area contributed by atoms with Gasteiger partial charge in [-0.05, 0) is 73.9 Å². The zero-order chi connectivity index (χ0) is 21.8. The van der Waals surface area contributed by atoms with Crippen molar-refractivity contribution in [3.63, 3.8) is 0 Å². The van der Waals surface area contributed by atoms with Gasteiger partial charge < -0.3 is 15.0 Å². The van der Waals surface area contributed by atoms with Crippen LogP contribution in [0.4, 0.5) is 5.69 Å². The predicted molar refractivity (Wildman–Crippen MR) is 122 cm³/mol. The summed E-state index contributed by atoms with van der Waals surface area (Å²) in [6, 6.07) is 22.6. The minimum Gasteiger partial charge on any atom is -0.494 e. The molecule has 0 aliphatic carbocycles. The number of nitrogens with one attached hydrogen (secondary N) is 1. The summed E-state index contributed by atoms with van der Waals surface area (Å²) in [6.45, 7) is 4.97. The second-order valence-corrected chi connectivity index (χ2v) is 7.70. The van der Waals surface area contributed by atoms with E-state index in [0.717, 1.165) is 29.0 Å². The first kappa shape index (κ1) is 20.7. The van der Waals surface area contributed by atoms with E-state index < -0.39 is 0 Å². The van der Waals surface area contributed by atoms with Gasteiger partial charge in [-0.15, -0.1) is 0 Å². The van der Waals surface area contributed by atoms with Crippen molar-refractivity contribution in [1.82, 2.24) is 5.32 Å². The number of carbonyl (C=O) groups excluding carboxylic acids is 2. The summed E-state index contributed by atoms with van der Waals surface area (Å²) in [5, 5.41) is 2.96. The van der Waals surface area contributed by atoms with Gasteiger partial charge in [-0.1, -0.05) is 30.3 Å². The Bertz CT molecular complexity index is 1080. The molecule has 1 atom stereocenters. The number of anilines is 1. The molecule has 5 nitrogen and oxygen atoms in total. The van der Waals surface area contributed by atoms with Gasteiger partial charge in [0.1, 0.15) is 5.75 Å². The Morgan fingerprint density at radius 2 is 1.74 bits per heavy atom. The molecule has 1 heterocycles. The summed E-state index contributed by atoms with van der Waals surface area (Å²) < 4.78 is 5.42. The van der Waals surface area contributed by atoms with Gasteiger partial charge in [0, 0.05) is 29.4 Å². The number of nitrogens with zero attached hydrogens (tertiary/aromatic N) is 1. The lowest BCUT2D eigenvalue weighted by Crippen LogP contribution is -2.35. The quantitative estimate of drug-likeness (QED) is 0.641. The van der Waals surface area contributed by atoms with Crippen molar-refractivity contribution < 1.29 is 14.3 Å². The van der Waals surface area contributed by atoms with E-state index in [0.29, 0.717) is 24.3 Å². The highest BCUT2D eigenvalue weighted by molar-refractivity contribution is 6.07. The first-order valence-corrected chi connectivity index (χ1v) is 10.6. The highest BCUT2D eigenvalue weighted by Crippen LogP contribution is 2.34. The van der Waals surface area contributed by atoms with Crippen LogP contribution in [0.15, 0.2) is 72.8 Å². The van der Waals surface area contributed by atoms with Crippen LogP contribution in [0, 0.1) is 0 Å². The van der Waals surface area contributed by atoms with E-state index in [2.05, 4.69) is 18.3 Å². The average molecular weight is 415 g/mol. The third-order valence-electron chi connectivity index (χ3n) is 5.49. The molecule has 3 aromatic carbocycles. The molecule has 0 radical (unpaired) electrons. The molecular formula is C26H26N2O3. The van der Waals surface area contributed by atoms with E-state index in [1.165, 1.54) is 0 Å². The molecule has 0 spiro atoms. The third-order valence-corrected chi connectivity index (χ3v) is 5.49. The van der Waals surface area contributed by atoms with Crippen molar-refractivity contribution in [1.29, 1.82) is 0 Å². The number of amides is 2. The number of fused-ring (bicyclic) bond motifs is 1. The molecule has 0 bridgehead atoms. The molecule has 0 fully saturated rings. The van der Waals surface area contributed by atoms with Gasteiger partial charge in [-0.3, -0.25) is 9.59 Å². The number of ether oxygens (including phenoxy) is 1. The highest BCUT2D eigenvalue weighted by atomic mass is 16.5. The molecule has 2 amide bonds. The number of rotatable bonds is 6. The molecule has 0 aromatic heterocycles. The topological polar surface area (TPSA) is 58.6 Å². The van der Waals surface area contributed by atoms with E-state index in [1.807, 2.05) is 54.3 Å². The SMILES string of the molecule is CCOc1ccc(C(=O)NCc2ccc3c(c2)N(C(=O)c2ccccc2)C(C)C3)cc1. The Balaban J connectivity index is 1.47. The molecular weight excluding hydrogens is 388 g/mol. The van der Waals surface area contributed by atoms with Gasteiger partial charge in [-0.25, -0.2) is 0 Å². The largest absolute Gasteiger partial charge is 0.494 e. The summed E-state index contributed by atoms with van der Waals surface area (Å²) in [7, 11) is 0. The van der Waals surface area contributed by atoms with Crippen molar-refractivity contribution in [3.8, 4) is 5.75 Å². The standard InChI is InChI=1S/C26H26N2O3/c1-3-31-23-13-11-20(12-14-23)25(29)27-17-19-9-10-22-15-18(2)28(24(22)16-19)26(30)21-7-5-4-6-8-21/h4-14,16,18H,3,15,17H2,1-2H3,(H,27,29). The van der Waals surface area contributed by atoms with Crippen LogP contribution in [0.3, 0.4) is 0 Å². The Hall–Kier alpha value is -3.60. The maximum atomic E-state index is 13.1. The van der Waals surface area contributed by atoms with Crippen LogP contribution in [0.5, 0.6) is 5.75 Å². The van der Waals surface area contributed by atoms with Crippen LogP contribution in [-0.4, -0.2) is 24.5 Å². The zero-order valence-electron chi connectivity index (χ0n) is 17.8. The molecule has 3 aromatic rings. The van der Waals surface area contributed by atoms with Crippen molar-refractivity contribution >= 4 is 17.5 Å². The number of hydrogen-bond donors (Lipinski definition) is 1. The van der Waals surface area contributed by atoms with E-state index in [9.17, 15) is 9.59 Å². The maximum absolute atomic E-state index is 13.1. The van der Waals surface area contributed by atoms with E-state index in [4.69, 9.17) is 4.74 Å². The Kier molecular flexibility index (Phi) is 6.03. The van der Waals surface area contributed by atoms with Gasteiger partial charge in [0.15, 0.2) is 0 Å². The van der Waals surface area contributed by atoms with Gasteiger partial charge >= 0.3 is 0 Å². The molecule has 31 heavy (non-hydrogen) atoms. The van der Waals surface area contributed by atoms with E-state index >= 15 is 0 Å². The Morgan fingerprint density at radius 1 is 1.00 bits per heavy atom. The summed E-state index contributed by atoms with van der Waals surface area (Å²) in [6.07, 6.45) is 0.826. The summed E-state index contributed by atoms with van der Waals surface area (Å²) in [5.74, 6) is 0.603. The number of hydrogen-bond acceptors (Lipinski definition) is 3. The molecule has 0 saturated carbocycles. The molecule has 158 valence electrons. The first-order chi connectivity index (χ1) is 15.1. The third kappa shape index (κ3) is 4.45. The summed E-state index contributed by atoms with van der Waals surface area (Å²) >= 11 is 0. The van der Waals surface area contributed by atoms with Crippen molar-refractivity contribution in [2.75, 3.05) is 11.5 Å². The van der Waals surface area contributed by atoms with Crippen LogP contribution in [0.25, 0.3) is 0 Å². The van der Waals surface area contributed by atoms with Gasteiger partial charge in [-0.2, -0.15) is 0 Å². The molecule has 1 unspecified atom stereocenters. The van der Waals surface area contributed by atoms with Crippen LogP contribution < -0.4 is 15.0 Å². The number of carbonyl (C=O) groups is 2. The van der Waals surface area contributed by atoms with Crippen molar-refractivity contribution in [3.05, 3.63) is 95.1 Å². The van der Waals surface area contributed by atoms with Gasteiger partial charge in [0.25, 0.3) is 11.8 Å². The first-order valence-electron chi connectivity index (χ1n) is 10.6. The van der Waals surface area contributed by atoms with Gasteiger partial charge in [0.05, 0.1) is 6.61 Å². The van der Waals surface area contributed by atoms with Gasteiger partial charge in [0.2, 0.25) is 0 Å². The monoisotopic (exact) mass is 414 g/mol. The van der Waals surface area contributed by atoms with Crippen molar-refractivity contribution in [2.24, 2.45) is 0 Å². The molecule has 4 rings (SSSR count). The summed E-state index contributed by atoms with van der Waals surface area (Å²) in [5.41, 5.74) is 4.29. The fourth-order valence-electron chi connectivity index (χ4n) is 3.95. The smallest absolute Gasteiger partial charge is 0.258 e. The van der Waals surface area contributed by atoms with Crippen LogP contribution in [-0.2, 0) is 13.0 Å². The lowest BCUT2D eigenvalue weighted by molar-refractivity contribution is 0.0948. The molecule has 5 heteroatoms. The highest BCUT2D eigenvalue weighted by Gasteiger charge is 2.31. The fourth-order valence-corrected chi connectivity index (χ4v) is 3.95. The van der Waals surface area contributed by atoms with E-state index in [-0.39, 0.29) is 17.9 Å². The summed E-state index contributed by atoms with van der Waals surface area (Å²) in [4.78, 5) is 27.5. The molecule has 1 aliphatic heterocycles. The lowest BCUT2D eigenvalue weighted by atomic mass is 10.1. The maximum Gasteiger partial charge on any atom is 0.258 e. The zero-order valence-corrected chi connectivity index (χ0v) is 17.8. The molecule has 1 N–H and O–H groups in total. The fraction of sp³-hybridized carbons (Fsp3) is 0.231. The number of benzene rings is 3. The lowest BCUT2D eigenvalue weighted by Gasteiger charge is -2.23. The predicted octanol–water partition coefficient (Wildman–Crippen LogP) is 4.61.